The highest BCUT2D eigenvalue weighted by Crippen LogP contribution is 2.29. The Hall–Kier alpha value is -0.430. The van der Waals surface area contributed by atoms with Gasteiger partial charge >= 0.3 is 0 Å². The lowest BCUT2D eigenvalue weighted by Crippen LogP contribution is -2.30. The van der Waals surface area contributed by atoms with Crippen molar-refractivity contribution in [2.24, 2.45) is 5.92 Å². The highest BCUT2D eigenvalue weighted by molar-refractivity contribution is 7.91. The van der Waals surface area contributed by atoms with Gasteiger partial charge in [0, 0.05) is 18.5 Å². The predicted molar refractivity (Wildman–Crippen MR) is 83.7 cm³/mol. The molecule has 1 aromatic heterocycles. The summed E-state index contributed by atoms with van der Waals surface area (Å²) in [6, 6.07) is 3.68. The van der Waals surface area contributed by atoms with Crippen LogP contribution in [0.4, 0.5) is 0 Å². The van der Waals surface area contributed by atoms with Crippen LogP contribution in [0.15, 0.2) is 16.3 Å². The van der Waals surface area contributed by atoms with Crippen LogP contribution in [0.5, 0.6) is 0 Å². The van der Waals surface area contributed by atoms with Gasteiger partial charge in [0.05, 0.1) is 0 Å². The van der Waals surface area contributed by atoms with Crippen LogP contribution < -0.4 is 5.32 Å². The molecule has 20 heavy (non-hydrogen) atoms. The van der Waals surface area contributed by atoms with Crippen molar-refractivity contribution in [2.75, 3.05) is 27.2 Å². The average Bonchev–Trinajstić information content (AvgIpc) is 3.07. The fourth-order valence-corrected chi connectivity index (χ4v) is 5.50. The van der Waals surface area contributed by atoms with Gasteiger partial charge in [-0.25, -0.2) is 8.42 Å². The minimum Gasteiger partial charge on any atom is -0.319 e. The van der Waals surface area contributed by atoms with Crippen molar-refractivity contribution in [3.05, 3.63) is 17.0 Å². The minimum absolute atomic E-state index is 0.476. The first kappa shape index (κ1) is 15.9. The molecule has 0 aliphatic heterocycles. The van der Waals surface area contributed by atoms with Crippen LogP contribution in [0.3, 0.4) is 0 Å². The van der Waals surface area contributed by atoms with Gasteiger partial charge in [0.2, 0.25) is 0 Å². The van der Waals surface area contributed by atoms with E-state index in [0.29, 0.717) is 16.7 Å². The number of hydrogen-bond acceptors (Lipinski definition) is 4. The fourth-order valence-electron chi connectivity index (χ4n) is 2.69. The summed E-state index contributed by atoms with van der Waals surface area (Å²) in [6.07, 6.45) is 5.69. The molecule has 0 amide bonds. The molecule has 6 heteroatoms. The summed E-state index contributed by atoms with van der Waals surface area (Å²) in [4.78, 5) is 1.12. The van der Waals surface area contributed by atoms with E-state index in [9.17, 15) is 8.42 Å². The molecule has 0 spiro atoms. The maximum absolute atomic E-state index is 12.5. The molecule has 1 saturated carbocycles. The van der Waals surface area contributed by atoms with E-state index < -0.39 is 10.0 Å². The van der Waals surface area contributed by atoms with E-state index in [-0.39, 0.29) is 0 Å². The first-order chi connectivity index (χ1) is 9.54. The fraction of sp³-hybridized carbons (Fsp3) is 0.714. The second-order valence-corrected chi connectivity index (χ2v) is 8.95. The van der Waals surface area contributed by atoms with Crippen molar-refractivity contribution < 1.29 is 8.42 Å². The standard InChI is InChI=1S/C14H24N2O2S2/c1-15-10-9-13-7-8-14(19-13)20(17,18)16(2)11-12-5-3-4-6-12/h7-8,12,15H,3-6,9-11H2,1-2H3. The molecule has 1 N–H and O–H groups in total. The number of hydrogen-bond donors (Lipinski definition) is 1. The number of thiophene rings is 1. The predicted octanol–water partition coefficient (Wildman–Crippen LogP) is 2.32. The van der Waals surface area contributed by atoms with Crippen molar-refractivity contribution in [3.63, 3.8) is 0 Å². The number of nitrogens with one attached hydrogen (secondary N) is 1. The quantitative estimate of drug-likeness (QED) is 0.840. The van der Waals surface area contributed by atoms with E-state index in [1.165, 1.54) is 28.5 Å². The Bertz CT molecular complexity index is 519. The zero-order chi connectivity index (χ0) is 14.6. The summed E-state index contributed by atoms with van der Waals surface area (Å²) >= 11 is 1.40. The van der Waals surface area contributed by atoms with Gasteiger partial charge in [-0.15, -0.1) is 11.3 Å². The summed E-state index contributed by atoms with van der Waals surface area (Å²) in [6.45, 7) is 1.53. The Morgan fingerprint density at radius 1 is 1.35 bits per heavy atom. The van der Waals surface area contributed by atoms with E-state index in [1.807, 2.05) is 13.1 Å². The maximum Gasteiger partial charge on any atom is 0.252 e. The molecule has 1 fully saturated rings. The van der Waals surface area contributed by atoms with Gasteiger partial charge < -0.3 is 5.32 Å². The molecule has 2 rings (SSSR count). The second kappa shape index (κ2) is 7.02. The third-order valence-electron chi connectivity index (χ3n) is 3.91. The van der Waals surface area contributed by atoms with Crippen molar-refractivity contribution in [2.45, 2.75) is 36.3 Å². The summed E-state index contributed by atoms with van der Waals surface area (Å²) < 4.78 is 27.1. The van der Waals surface area contributed by atoms with Crippen LogP contribution in [0.1, 0.15) is 30.6 Å². The number of nitrogens with zero attached hydrogens (tertiary/aromatic N) is 1. The van der Waals surface area contributed by atoms with Gasteiger partial charge in [-0.2, -0.15) is 4.31 Å². The van der Waals surface area contributed by atoms with Gasteiger partial charge in [0.1, 0.15) is 4.21 Å². The molecule has 1 heterocycles. The number of rotatable bonds is 7. The summed E-state index contributed by atoms with van der Waals surface area (Å²) in [5, 5.41) is 3.08. The Kier molecular flexibility index (Phi) is 5.60. The third-order valence-corrected chi connectivity index (χ3v) is 7.35. The molecule has 114 valence electrons. The average molecular weight is 316 g/mol. The molecule has 0 aromatic carbocycles. The summed E-state index contributed by atoms with van der Waals surface area (Å²) in [5.74, 6) is 0.540. The zero-order valence-corrected chi connectivity index (χ0v) is 13.9. The lowest BCUT2D eigenvalue weighted by atomic mass is 10.1. The van der Waals surface area contributed by atoms with Crippen molar-refractivity contribution >= 4 is 21.4 Å². The van der Waals surface area contributed by atoms with E-state index >= 15 is 0 Å². The second-order valence-electron chi connectivity index (χ2n) is 5.51. The van der Waals surface area contributed by atoms with E-state index in [2.05, 4.69) is 5.32 Å². The number of likely N-dealkylation sites (N-methyl/N-ethyl adjacent to an activating group) is 1. The lowest BCUT2D eigenvalue weighted by molar-refractivity contribution is 0.388. The molecule has 0 bridgehead atoms. The van der Waals surface area contributed by atoms with Crippen molar-refractivity contribution in [3.8, 4) is 0 Å². The van der Waals surface area contributed by atoms with Crippen LogP contribution in [-0.2, 0) is 16.4 Å². The Morgan fingerprint density at radius 2 is 2.05 bits per heavy atom. The third kappa shape index (κ3) is 3.81. The Balaban J connectivity index is 2.02. The summed E-state index contributed by atoms with van der Waals surface area (Å²) in [5.41, 5.74) is 0. The lowest BCUT2D eigenvalue weighted by Gasteiger charge is -2.19. The smallest absolute Gasteiger partial charge is 0.252 e. The minimum atomic E-state index is -3.30. The van der Waals surface area contributed by atoms with Gasteiger partial charge in [-0.3, -0.25) is 0 Å². The SMILES string of the molecule is CNCCc1ccc(S(=O)(=O)N(C)CC2CCCC2)s1. The maximum atomic E-state index is 12.5. The van der Waals surface area contributed by atoms with E-state index in [0.717, 1.165) is 30.7 Å². The molecule has 0 atom stereocenters. The molecule has 1 aliphatic rings. The van der Waals surface area contributed by atoms with E-state index in [4.69, 9.17) is 0 Å². The van der Waals surface area contributed by atoms with Crippen molar-refractivity contribution in [1.82, 2.24) is 9.62 Å². The van der Waals surface area contributed by atoms with Crippen LogP contribution in [0.2, 0.25) is 0 Å². The molecule has 1 aromatic rings. The van der Waals surface area contributed by atoms with Crippen LogP contribution in [-0.4, -0.2) is 39.9 Å². The Labute approximate surface area is 126 Å². The van der Waals surface area contributed by atoms with Crippen LogP contribution in [0, 0.1) is 5.92 Å². The molecule has 1 aliphatic carbocycles. The van der Waals surface area contributed by atoms with E-state index in [1.54, 1.807) is 13.1 Å². The first-order valence-corrected chi connectivity index (χ1v) is 9.49. The highest BCUT2D eigenvalue weighted by atomic mass is 32.2. The van der Waals surface area contributed by atoms with Gasteiger partial charge in [-0.05, 0) is 50.9 Å². The monoisotopic (exact) mass is 316 g/mol. The molecular weight excluding hydrogens is 292 g/mol. The number of sulfonamides is 1. The normalized spacial score (nSPS) is 17.1. The zero-order valence-electron chi connectivity index (χ0n) is 12.3. The highest BCUT2D eigenvalue weighted by Gasteiger charge is 2.26. The molecule has 0 radical (unpaired) electrons. The largest absolute Gasteiger partial charge is 0.319 e. The van der Waals surface area contributed by atoms with Crippen molar-refractivity contribution in [1.29, 1.82) is 0 Å². The van der Waals surface area contributed by atoms with Crippen LogP contribution >= 0.6 is 11.3 Å². The summed E-state index contributed by atoms with van der Waals surface area (Å²) in [7, 11) is 0.313. The van der Waals surface area contributed by atoms with Gasteiger partial charge in [0.15, 0.2) is 0 Å². The Morgan fingerprint density at radius 3 is 2.70 bits per heavy atom. The van der Waals surface area contributed by atoms with Gasteiger partial charge in [-0.1, -0.05) is 12.8 Å². The molecule has 4 nitrogen and oxygen atoms in total. The molecule has 0 unspecified atom stereocenters. The molecule has 0 saturated heterocycles. The van der Waals surface area contributed by atoms with Crippen LogP contribution in [0.25, 0.3) is 0 Å². The first-order valence-electron chi connectivity index (χ1n) is 7.23. The topological polar surface area (TPSA) is 49.4 Å². The molecular formula is C14H24N2O2S2. The van der Waals surface area contributed by atoms with Gasteiger partial charge in [0.25, 0.3) is 10.0 Å².